The van der Waals surface area contributed by atoms with E-state index in [0.717, 1.165) is 5.56 Å². The Bertz CT molecular complexity index is 235. The number of nitrogens with two attached hydrogens (primary N) is 2. The molecule has 0 radical (unpaired) electrons. The van der Waals surface area contributed by atoms with E-state index in [0.29, 0.717) is 17.3 Å². The lowest BCUT2D eigenvalue weighted by atomic mass is 10.2. The van der Waals surface area contributed by atoms with Gasteiger partial charge in [-0.05, 0) is 23.8 Å². The predicted molar refractivity (Wildman–Crippen MR) is 44.8 cm³/mol. The standard InChI is InChI=1S/C7H9ClN2/c8-4-5-3-6(9)1-2-7(5)10/h1-3H,4,9-10H2. The summed E-state index contributed by atoms with van der Waals surface area (Å²) in [6.07, 6.45) is 0. The lowest BCUT2D eigenvalue weighted by Crippen LogP contribution is -1.93. The first-order chi connectivity index (χ1) is 4.74. The van der Waals surface area contributed by atoms with Gasteiger partial charge in [-0.3, -0.25) is 0 Å². The molecule has 0 saturated carbocycles. The Morgan fingerprint density at radius 2 is 2.00 bits per heavy atom. The lowest BCUT2D eigenvalue weighted by molar-refractivity contribution is 1.41. The number of alkyl halides is 1. The predicted octanol–water partition coefficient (Wildman–Crippen LogP) is 1.59. The van der Waals surface area contributed by atoms with Crippen LogP contribution >= 0.6 is 11.6 Å². The van der Waals surface area contributed by atoms with Crippen molar-refractivity contribution in [2.24, 2.45) is 0 Å². The van der Waals surface area contributed by atoms with Crippen molar-refractivity contribution in [1.82, 2.24) is 0 Å². The van der Waals surface area contributed by atoms with Crippen LogP contribution in [0.2, 0.25) is 0 Å². The fraction of sp³-hybridized carbons (Fsp3) is 0.143. The number of nitrogen functional groups attached to an aromatic ring is 2. The molecule has 0 heterocycles. The van der Waals surface area contributed by atoms with Gasteiger partial charge in [-0.25, -0.2) is 0 Å². The van der Waals surface area contributed by atoms with Gasteiger partial charge >= 0.3 is 0 Å². The maximum Gasteiger partial charge on any atom is 0.0495 e. The SMILES string of the molecule is Nc1ccc(N)c(CCl)c1. The highest BCUT2D eigenvalue weighted by atomic mass is 35.5. The van der Waals surface area contributed by atoms with Crippen LogP contribution in [0, 0.1) is 0 Å². The van der Waals surface area contributed by atoms with Gasteiger partial charge in [0.15, 0.2) is 0 Å². The fourth-order valence-electron chi connectivity index (χ4n) is 0.741. The second-order valence-corrected chi connectivity index (χ2v) is 2.36. The van der Waals surface area contributed by atoms with Crippen LogP contribution in [0.5, 0.6) is 0 Å². The minimum atomic E-state index is 0.414. The summed E-state index contributed by atoms with van der Waals surface area (Å²) in [4.78, 5) is 0. The van der Waals surface area contributed by atoms with Gasteiger partial charge in [-0.2, -0.15) is 0 Å². The number of halogens is 1. The fourth-order valence-corrected chi connectivity index (χ4v) is 0.973. The third-order valence-electron chi connectivity index (χ3n) is 1.31. The van der Waals surface area contributed by atoms with Crippen molar-refractivity contribution in [3.05, 3.63) is 23.8 Å². The molecule has 0 aliphatic rings. The van der Waals surface area contributed by atoms with Crippen molar-refractivity contribution >= 4 is 23.0 Å². The maximum atomic E-state index is 5.57. The number of hydrogen-bond donors (Lipinski definition) is 2. The number of rotatable bonds is 1. The van der Waals surface area contributed by atoms with Gasteiger partial charge in [0.05, 0.1) is 0 Å². The van der Waals surface area contributed by atoms with Crippen LogP contribution < -0.4 is 11.5 Å². The molecule has 0 aliphatic heterocycles. The first kappa shape index (κ1) is 7.22. The third kappa shape index (κ3) is 1.33. The van der Waals surface area contributed by atoms with Crippen LogP contribution in [0.15, 0.2) is 18.2 Å². The number of hydrogen-bond acceptors (Lipinski definition) is 2. The minimum Gasteiger partial charge on any atom is -0.399 e. The normalized spacial score (nSPS) is 9.70. The Morgan fingerprint density at radius 3 is 2.50 bits per heavy atom. The van der Waals surface area contributed by atoms with E-state index in [1.165, 1.54) is 0 Å². The van der Waals surface area contributed by atoms with Crippen molar-refractivity contribution in [2.45, 2.75) is 5.88 Å². The summed E-state index contributed by atoms with van der Waals surface area (Å²) in [6, 6.07) is 5.29. The van der Waals surface area contributed by atoms with Crippen LogP contribution in [0.3, 0.4) is 0 Å². The quantitative estimate of drug-likeness (QED) is 0.479. The summed E-state index contributed by atoms with van der Waals surface area (Å²) in [5, 5.41) is 0. The molecule has 0 saturated heterocycles. The van der Waals surface area contributed by atoms with E-state index in [1.54, 1.807) is 18.2 Å². The molecule has 0 aliphatic carbocycles. The maximum absolute atomic E-state index is 5.57. The first-order valence-electron chi connectivity index (χ1n) is 2.94. The average molecular weight is 157 g/mol. The van der Waals surface area contributed by atoms with Crippen molar-refractivity contribution in [1.29, 1.82) is 0 Å². The molecular formula is C7H9ClN2. The Kier molecular flexibility index (Phi) is 2.02. The zero-order valence-electron chi connectivity index (χ0n) is 5.47. The monoisotopic (exact) mass is 156 g/mol. The average Bonchev–Trinajstić information content (AvgIpc) is 1.94. The molecule has 54 valence electrons. The molecule has 0 atom stereocenters. The van der Waals surface area contributed by atoms with Crippen molar-refractivity contribution in [2.75, 3.05) is 11.5 Å². The van der Waals surface area contributed by atoms with E-state index < -0.39 is 0 Å². The molecule has 0 spiro atoms. The van der Waals surface area contributed by atoms with Crippen LogP contribution in [0.1, 0.15) is 5.56 Å². The summed E-state index contributed by atoms with van der Waals surface area (Å²) in [7, 11) is 0. The molecular weight excluding hydrogens is 148 g/mol. The molecule has 4 N–H and O–H groups in total. The second kappa shape index (κ2) is 2.80. The van der Waals surface area contributed by atoms with E-state index in [4.69, 9.17) is 23.1 Å². The molecule has 0 fully saturated rings. The highest BCUT2D eigenvalue weighted by molar-refractivity contribution is 6.17. The van der Waals surface area contributed by atoms with Gasteiger partial charge in [-0.1, -0.05) is 0 Å². The van der Waals surface area contributed by atoms with E-state index in [-0.39, 0.29) is 0 Å². The molecule has 2 nitrogen and oxygen atoms in total. The van der Waals surface area contributed by atoms with Crippen molar-refractivity contribution in [3.63, 3.8) is 0 Å². The van der Waals surface area contributed by atoms with Crippen LogP contribution in [0.25, 0.3) is 0 Å². The zero-order valence-corrected chi connectivity index (χ0v) is 6.23. The van der Waals surface area contributed by atoms with Gasteiger partial charge in [-0.15, -0.1) is 11.6 Å². The molecule has 1 aromatic carbocycles. The molecule has 0 unspecified atom stereocenters. The highest BCUT2D eigenvalue weighted by Crippen LogP contribution is 2.16. The topological polar surface area (TPSA) is 52.0 Å². The molecule has 3 heteroatoms. The Balaban J connectivity index is 3.09. The van der Waals surface area contributed by atoms with E-state index in [9.17, 15) is 0 Å². The zero-order chi connectivity index (χ0) is 7.56. The van der Waals surface area contributed by atoms with E-state index in [1.807, 2.05) is 0 Å². The Morgan fingerprint density at radius 1 is 1.30 bits per heavy atom. The van der Waals surface area contributed by atoms with Crippen molar-refractivity contribution in [3.8, 4) is 0 Å². The summed E-state index contributed by atoms with van der Waals surface area (Å²) >= 11 is 5.57. The van der Waals surface area contributed by atoms with Gasteiger partial charge in [0.2, 0.25) is 0 Å². The van der Waals surface area contributed by atoms with Crippen LogP contribution in [-0.4, -0.2) is 0 Å². The highest BCUT2D eigenvalue weighted by Gasteiger charge is 1.95. The van der Waals surface area contributed by atoms with E-state index >= 15 is 0 Å². The summed E-state index contributed by atoms with van der Waals surface area (Å²) in [6.45, 7) is 0. The molecule has 10 heavy (non-hydrogen) atoms. The molecule has 0 amide bonds. The number of benzene rings is 1. The van der Waals surface area contributed by atoms with Gasteiger partial charge in [0.25, 0.3) is 0 Å². The van der Waals surface area contributed by atoms with Crippen LogP contribution in [0.4, 0.5) is 11.4 Å². The van der Waals surface area contributed by atoms with Gasteiger partial charge in [0, 0.05) is 17.3 Å². The smallest absolute Gasteiger partial charge is 0.0495 e. The Hall–Kier alpha value is -0.890. The Labute approximate surface area is 64.8 Å². The minimum absolute atomic E-state index is 0.414. The first-order valence-corrected chi connectivity index (χ1v) is 3.47. The summed E-state index contributed by atoms with van der Waals surface area (Å²) in [5.41, 5.74) is 13.3. The van der Waals surface area contributed by atoms with Gasteiger partial charge in [0.1, 0.15) is 0 Å². The van der Waals surface area contributed by atoms with Gasteiger partial charge < -0.3 is 11.5 Å². The van der Waals surface area contributed by atoms with Crippen LogP contribution in [-0.2, 0) is 5.88 Å². The lowest BCUT2D eigenvalue weighted by Gasteiger charge is -2.01. The molecule has 0 bridgehead atoms. The largest absolute Gasteiger partial charge is 0.399 e. The third-order valence-corrected chi connectivity index (χ3v) is 1.60. The molecule has 1 aromatic rings. The van der Waals surface area contributed by atoms with E-state index in [2.05, 4.69) is 0 Å². The summed E-state index contributed by atoms with van der Waals surface area (Å²) < 4.78 is 0. The molecule has 1 rings (SSSR count). The molecule has 0 aromatic heterocycles. The second-order valence-electron chi connectivity index (χ2n) is 2.09. The number of anilines is 2. The van der Waals surface area contributed by atoms with Crippen molar-refractivity contribution < 1.29 is 0 Å². The summed E-state index contributed by atoms with van der Waals surface area (Å²) in [5.74, 6) is 0.414.